The van der Waals surface area contributed by atoms with Crippen LogP contribution in [0.15, 0.2) is 43.1 Å². The van der Waals surface area contributed by atoms with Crippen molar-refractivity contribution in [2.24, 2.45) is 5.73 Å². The number of carbonyl (C=O) groups is 1. The number of carbonyl (C=O) groups excluding carboxylic acids is 1. The molecule has 14 heteroatoms. The van der Waals surface area contributed by atoms with E-state index in [1.165, 1.54) is 29.2 Å². The summed E-state index contributed by atoms with van der Waals surface area (Å²) in [6.07, 6.45) is 1.09. The van der Waals surface area contributed by atoms with Crippen LogP contribution in [0.1, 0.15) is 55.6 Å². The third kappa shape index (κ3) is 5.42. The number of rotatable bonds is 8. The maximum absolute atomic E-state index is 13.3. The maximum Gasteiger partial charge on any atom is 0.434 e. The molecule has 3 aromatic heterocycles. The molecule has 208 valence electrons. The van der Waals surface area contributed by atoms with Gasteiger partial charge in [0.05, 0.1) is 19.3 Å². The number of urea groups is 1. The molecule has 1 saturated carbocycles. The molecular formula is C26H26F3N9O2. The second-order valence-electron chi connectivity index (χ2n) is 9.60. The number of methoxy groups -OCH3 is 1. The molecule has 0 bridgehead atoms. The van der Waals surface area contributed by atoms with Crippen molar-refractivity contribution >= 4 is 12.0 Å². The van der Waals surface area contributed by atoms with Crippen molar-refractivity contribution in [3.05, 3.63) is 60.1 Å². The normalized spacial score (nSPS) is 13.5. The van der Waals surface area contributed by atoms with Gasteiger partial charge in [-0.2, -0.15) is 18.2 Å². The first kappa shape index (κ1) is 27.0. The molecule has 0 spiro atoms. The van der Waals surface area contributed by atoms with Crippen LogP contribution in [-0.2, 0) is 12.7 Å². The number of nitrogens with zero attached hydrogens (tertiary/aromatic N) is 8. The van der Waals surface area contributed by atoms with E-state index in [0.29, 0.717) is 22.6 Å². The number of primary amides is 1. The highest BCUT2D eigenvalue weighted by molar-refractivity contribution is 5.88. The summed E-state index contributed by atoms with van der Waals surface area (Å²) in [5.41, 5.74) is 7.15. The lowest BCUT2D eigenvalue weighted by Crippen LogP contribution is -2.36. The summed E-state index contributed by atoms with van der Waals surface area (Å²) in [6, 6.07) is 5.60. The van der Waals surface area contributed by atoms with E-state index in [9.17, 15) is 18.0 Å². The number of aromatic nitrogens is 7. The molecule has 1 aliphatic rings. The van der Waals surface area contributed by atoms with Gasteiger partial charge in [-0.1, -0.05) is 24.3 Å². The van der Waals surface area contributed by atoms with Gasteiger partial charge in [0, 0.05) is 23.7 Å². The molecule has 0 radical (unpaired) electrons. The van der Waals surface area contributed by atoms with Crippen molar-refractivity contribution in [1.82, 2.24) is 34.5 Å². The smallest absolute Gasteiger partial charge is 0.434 e. The lowest BCUT2D eigenvalue weighted by Gasteiger charge is -2.19. The molecule has 2 N–H and O–H groups in total. The first-order valence-corrected chi connectivity index (χ1v) is 12.5. The van der Waals surface area contributed by atoms with E-state index in [-0.39, 0.29) is 36.1 Å². The maximum atomic E-state index is 13.3. The highest BCUT2D eigenvalue weighted by atomic mass is 19.4. The zero-order valence-electron chi connectivity index (χ0n) is 21.9. The van der Waals surface area contributed by atoms with Crippen molar-refractivity contribution in [1.29, 1.82) is 0 Å². The van der Waals surface area contributed by atoms with Crippen LogP contribution in [0, 0.1) is 0 Å². The number of alkyl halides is 3. The third-order valence-corrected chi connectivity index (χ3v) is 6.42. The molecule has 3 heterocycles. The number of amides is 2. The Morgan fingerprint density at radius 1 is 1.10 bits per heavy atom. The Kier molecular flexibility index (Phi) is 7.08. The Hall–Kier alpha value is -4.62. The van der Waals surface area contributed by atoms with Crippen LogP contribution >= 0.6 is 0 Å². The molecule has 1 aromatic carbocycles. The number of nitrogens with two attached hydrogens (primary N) is 1. The van der Waals surface area contributed by atoms with E-state index in [2.05, 4.69) is 29.9 Å². The van der Waals surface area contributed by atoms with Gasteiger partial charge in [-0.3, -0.25) is 4.90 Å². The number of anilines is 1. The van der Waals surface area contributed by atoms with Crippen molar-refractivity contribution in [3.8, 4) is 28.7 Å². The summed E-state index contributed by atoms with van der Waals surface area (Å²) in [5, 5.41) is 0. The summed E-state index contributed by atoms with van der Waals surface area (Å²) in [6.45, 7) is 3.56. The lowest BCUT2D eigenvalue weighted by atomic mass is 10.1. The molecule has 40 heavy (non-hydrogen) atoms. The van der Waals surface area contributed by atoms with Crippen LogP contribution in [0.3, 0.4) is 0 Å². The molecule has 5 rings (SSSR count). The van der Waals surface area contributed by atoms with E-state index in [1.807, 2.05) is 0 Å². The van der Waals surface area contributed by atoms with E-state index in [1.54, 1.807) is 38.1 Å². The number of hydrogen-bond acceptors (Lipinski definition) is 8. The summed E-state index contributed by atoms with van der Waals surface area (Å²) in [4.78, 5) is 38.9. The largest absolute Gasteiger partial charge is 0.480 e. The number of imidazole rings is 1. The van der Waals surface area contributed by atoms with Gasteiger partial charge in [0.25, 0.3) is 0 Å². The first-order chi connectivity index (χ1) is 19.1. The van der Waals surface area contributed by atoms with Crippen molar-refractivity contribution in [2.75, 3.05) is 12.0 Å². The quantitative estimate of drug-likeness (QED) is 0.330. The van der Waals surface area contributed by atoms with Gasteiger partial charge >= 0.3 is 12.2 Å². The van der Waals surface area contributed by atoms with Gasteiger partial charge < -0.3 is 15.0 Å². The molecule has 0 saturated heterocycles. The van der Waals surface area contributed by atoms with Gasteiger partial charge in [0.1, 0.15) is 24.0 Å². The average Bonchev–Trinajstić information content (AvgIpc) is 3.67. The highest BCUT2D eigenvalue weighted by Crippen LogP contribution is 2.44. The van der Waals surface area contributed by atoms with Gasteiger partial charge in [-0.15, -0.1) is 0 Å². The fourth-order valence-corrected chi connectivity index (χ4v) is 4.28. The SMILES string of the molecule is COc1ncnc(C2CC2)c1-c1ncnc(N(Cc2ccc(-c3nc(C(F)(F)F)cn3C(C)C)cc2)C(N)=O)n1. The second-order valence-corrected chi connectivity index (χ2v) is 9.60. The van der Waals surface area contributed by atoms with Crippen LogP contribution in [0.25, 0.3) is 22.8 Å². The fraction of sp³-hybridized carbons (Fsp3) is 0.346. The number of ether oxygens (including phenoxy) is 1. The minimum absolute atomic E-state index is 0.00337. The van der Waals surface area contributed by atoms with E-state index < -0.39 is 17.9 Å². The standard InChI is InChI=1S/C26H26F3N9O2/c1-14(2)37-11-18(26(27,28)29)35-22(37)17-6-4-15(5-7-17)10-38(24(30)39)25-34-13-32-21(36-25)19-20(16-8-9-16)31-12-33-23(19)40-3/h4-7,11-14,16H,8-10H2,1-3H3,(H2,30,39). The summed E-state index contributed by atoms with van der Waals surface area (Å²) < 4.78 is 46.8. The Labute approximate surface area is 227 Å². The van der Waals surface area contributed by atoms with Crippen LogP contribution in [0.2, 0.25) is 0 Å². The summed E-state index contributed by atoms with van der Waals surface area (Å²) in [7, 11) is 1.49. The highest BCUT2D eigenvalue weighted by Gasteiger charge is 2.35. The van der Waals surface area contributed by atoms with Crippen molar-refractivity contribution in [2.45, 2.75) is 51.4 Å². The number of benzene rings is 1. The third-order valence-electron chi connectivity index (χ3n) is 6.42. The summed E-state index contributed by atoms with van der Waals surface area (Å²) >= 11 is 0. The molecule has 2 amide bonds. The molecule has 1 fully saturated rings. The van der Waals surface area contributed by atoms with Crippen LogP contribution < -0.4 is 15.4 Å². The lowest BCUT2D eigenvalue weighted by molar-refractivity contribution is -0.140. The monoisotopic (exact) mass is 553 g/mol. The zero-order valence-corrected chi connectivity index (χ0v) is 21.9. The Morgan fingerprint density at radius 2 is 1.80 bits per heavy atom. The second kappa shape index (κ2) is 10.5. The average molecular weight is 554 g/mol. The minimum Gasteiger partial charge on any atom is -0.480 e. The van der Waals surface area contributed by atoms with Gasteiger partial charge in [0.2, 0.25) is 11.8 Å². The molecular weight excluding hydrogens is 527 g/mol. The molecule has 0 unspecified atom stereocenters. The Morgan fingerprint density at radius 3 is 2.40 bits per heavy atom. The fourth-order valence-electron chi connectivity index (χ4n) is 4.28. The van der Waals surface area contributed by atoms with E-state index >= 15 is 0 Å². The predicted octanol–water partition coefficient (Wildman–Crippen LogP) is 4.76. The zero-order chi connectivity index (χ0) is 28.6. The molecule has 11 nitrogen and oxygen atoms in total. The molecule has 1 aliphatic carbocycles. The van der Waals surface area contributed by atoms with E-state index in [0.717, 1.165) is 24.7 Å². The Bertz CT molecular complexity index is 1530. The van der Waals surface area contributed by atoms with Crippen LogP contribution in [-0.4, -0.2) is 47.6 Å². The van der Waals surface area contributed by atoms with Gasteiger partial charge in [-0.25, -0.2) is 29.7 Å². The van der Waals surface area contributed by atoms with Gasteiger partial charge in [-0.05, 0) is 32.3 Å². The van der Waals surface area contributed by atoms with Crippen LogP contribution in [0.5, 0.6) is 5.88 Å². The van der Waals surface area contributed by atoms with Gasteiger partial charge in [0.15, 0.2) is 11.5 Å². The van der Waals surface area contributed by atoms with Crippen molar-refractivity contribution < 1.29 is 22.7 Å². The van der Waals surface area contributed by atoms with Crippen molar-refractivity contribution in [3.63, 3.8) is 0 Å². The molecule has 0 atom stereocenters. The number of halogens is 3. The number of hydrogen-bond donors (Lipinski definition) is 1. The minimum atomic E-state index is -4.56. The first-order valence-electron chi connectivity index (χ1n) is 12.5. The molecule has 0 aliphatic heterocycles. The Balaban J connectivity index is 1.44. The van der Waals surface area contributed by atoms with E-state index in [4.69, 9.17) is 10.5 Å². The molecule has 4 aromatic rings. The van der Waals surface area contributed by atoms with Crippen LogP contribution in [0.4, 0.5) is 23.9 Å². The predicted molar refractivity (Wildman–Crippen MR) is 138 cm³/mol. The topological polar surface area (TPSA) is 138 Å². The summed E-state index contributed by atoms with van der Waals surface area (Å²) in [5.74, 6) is 1.000.